The topological polar surface area (TPSA) is 73.6 Å². The molecule has 0 spiro atoms. The Bertz CT molecular complexity index is 674. The van der Waals surface area contributed by atoms with E-state index in [1.54, 1.807) is 36.4 Å². The number of benzene rings is 2. The predicted octanol–water partition coefficient (Wildman–Crippen LogP) is 3.19. The van der Waals surface area contributed by atoms with Crippen LogP contribution in [0.4, 0.5) is 11.4 Å². The Kier molecular flexibility index (Phi) is 4.55. The first kappa shape index (κ1) is 15.0. The number of hydrogen-bond acceptors (Lipinski definition) is 4. The van der Waals surface area contributed by atoms with Gasteiger partial charge in [-0.3, -0.25) is 4.79 Å². The lowest BCUT2D eigenvalue weighted by atomic mass is 10.2. The van der Waals surface area contributed by atoms with Gasteiger partial charge in [0.25, 0.3) is 5.91 Å². The van der Waals surface area contributed by atoms with Gasteiger partial charge in [0.2, 0.25) is 0 Å². The Morgan fingerprint density at radius 2 is 1.81 bits per heavy atom. The number of carbonyl (C=O) groups excluding carboxylic acids is 1. The van der Waals surface area contributed by atoms with Crippen molar-refractivity contribution in [3.8, 4) is 11.5 Å². The van der Waals surface area contributed by atoms with Crippen LogP contribution in [0.2, 0.25) is 5.02 Å². The zero-order valence-corrected chi connectivity index (χ0v) is 12.4. The summed E-state index contributed by atoms with van der Waals surface area (Å²) < 4.78 is 10.3. The fraction of sp³-hybridized carbons (Fsp3) is 0.133. The van der Waals surface area contributed by atoms with Crippen LogP contribution >= 0.6 is 11.6 Å². The Labute approximate surface area is 127 Å². The Morgan fingerprint density at radius 3 is 2.43 bits per heavy atom. The van der Waals surface area contributed by atoms with E-state index in [0.717, 1.165) is 0 Å². The van der Waals surface area contributed by atoms with Crippen molar-refractivity contribution in [1.29, 1.82) is 0 Å². The van der Waals surface area contributed by atoms with E-state index in [1.807, 2.05) is 0 Å². The van der Waals surface area contributed by atoms with Gasteiger partial charge in [-0.05, 0) is 18.2 Å². The third-order valence-electron chi connectivity index (χ3n) is 2.89. The number of hydrogen-bond donors (Lipinski definition) is 2. The molecule has 0 saturated carbocycles. The number of rotatable bonds is 4. The predicted molar refractivity (Wildman–Crippen MR) is 83.4 cm³/mol. The Morgan fingerprint density at radius 1 is 1.14 bits per heavy atom. The van der Waals surface area contributed by atoms with Gasteiger partial charge in [0.15, 0.2) is 11.5 Å². The van der Waals surface area contributed by atoms with E-state index in [9.17, 15) is 4.79 Å². The molecule has 1 amide bonds. The average Bonchev–Trinajstić information content (AvgIpc) is 2.48. The van der Waals surface area contributed by atoms with Crippen LogP contribution in [0.15, 0.2) is 36.4 Å². The molecule has 0 aliphatic rings. The van der Waals surface area contributed by atoms with E-state index in [1.165, 1.54) is 14.2 Å². The molecule has 5 nitrogen and oxygen atoms in total. The van der Waals surface area contributed by atoms with Crippen LogP contribution in [0.1, 0.15) is 10.4 Å². The zero-order chi connectivity index (χ0) is 15.4. The lowest BCUT2D eigenvalue weighted by Gasteiger charge is -2.13. The largest absolute Gasteiger partial charge is 0.493 e. The molecule has 0 aliphatic heterocycles. The summed E-state index contributed by atoms with van der Waals surface area (Å²) in [4.78, 5) is 12.2. The molecule has 0 bridgehead atoms. The van der Waals surface area contributed by atoms with Crippen molar-refractivity contribution >= 4 is 28.9 Å². The minimum Gasteiger partial charge on any atom is -0.493 e. The van der Waals surface area contributed by atoms with E-state index in [0.29, 0.717) is 33.5 Å². The molecule has 2 rings (SSSR count). The Balaban J connectivity index is 2.29. The van der Waals surface area contributed by atoms with Crippen molar-refractivity contribution in [3.05, 3.63) is 47.0 Å². The first-order valence-corrected chi connectivity index (χ1v) is 6.51. The summed E-state index contributed by atoms with van der Waals surface area (Å²) >= 11 is 5.87. The molecule has 0 saturated heterocycles. The lowest BCUT2D eigenvalue weighted by molar-refractivity contribution is 0.102. The first-order chi connectivity index (χ1) is 10.0. The van der Waals surface area contributed by atoms with Gasteiger partial charge in [-0.25, -0.2) is 0 Å². The van der Waals surface area contributed by atoms with Crippen molar-refractivity contribution in [3.63, 3.8) is 0 Å². The molecule has 21 heavy (non-hydrogen) atoms. The molecule has 6 heteroatoms. The van der Waals surface area contributed by atoms with Crippen LogP contribution in [0.25, 0.3) is 0 Å². The lowest BCUT2D eigenvalue weighted by Crippen LogP contribution is -2.13. The quantitative estimate of drug-likeness (QED) is 0.851. The maximum absolute atomic E-state index is 12.2. The van der Waals surface area contributed by atoms with E-state index < -0.39 is 0 Å². The van der Waals surface area contributed by atoms with Gasteiger partial charge in [0, 0.05) is 22.7 Å². The summed E-state index contributed by atoms with van der Waals surface area (Å²) in [5.41, 5.74) is 7.16. The molecule has 0 fully saturated rings. The first-order valence-electron chi connectivity index (χ1n) is 6.13. The van der Waals surface area contributed by atoms with Crippen LogP contribution in [0.3, 0.4) is 0 Å². The van der Waals surface area contributed by atoms with Crippen LogP contribution < -0.4 is 20.5 Å². The molecule has 0 unspecified atom stereocenters. The van der Waals surface area contributed by atoms with E-state index in [2.05, 4.69) is 5.32 Å². The molecule has 110 valence electrons. The number of nitrogen functional groups attached to an aromatic ring is 1. The number of nitrogens with one attached hydrogen (secondary N) is 1. The molecule has 0 heterocycles. The molecule has 0 aromatic heterocycles. The number of ether oxygens (including phenoxy) is 2. The molecule has 3 N–H and O–H groups in total. The number of nitrogens with two attached hydrogens (primary N) is 1. The summed E-state index contributed by atoms with van der Waals surface area (Å²) in [5.74, 6) is 0.667. The highest BCUT2D eigenvalue weighted by molar-refractivity contribution is 6.31. The van der Waals surface area contributed by atoms with E-state index in [4.69, 9.17) is 26.8 Å². The number of halogens is 1. The van der Waals surface area contributed by atoms with Crippen LogP contribution in [0.5, 0.6) is 11.5 Å². The number of anilines is 2. The fourth-order valence-corrected chi connectivity index (χ4v) is 2.02. The van der Waals surface area contributed by atoms with Gasteiger partial charge in [-0.2, -0.15) is 0 Å². The maximum atomic E-state index is 12.2. The summed E-state index contributed by atoms with van der Waals surface area (Å²) in [6.45, 7) is 0. The van der Waals surface area contributed by atoms with Gasteiger partial charge in [-0.15, -0.1) is 0 Å². The van der Waals surface area contributed by atoms with Crippen LogP contribution in [-0.2, 0) is 0 Å². The fourth-order valence-electron chi connectivity index (χ4n) is 1.83. The van der Waals surface area contributed by atoms with Gasteiger partial charge in [-0.1, -0.05) is 17.7 Å². The number of methoxy groups -OCH3 is 2. The van der Waals surface area contributed by atoms with Crippen molar-refractivity contribution in [2.24, 2.45) is 0 Å². The van der Waals surface area contributed by atoms with Crippen LogP contribution in [0, 0.1) is 0 Å². The highest BCUT2D eigenvalue weighted by Gasteiger charge is 2.13. The molecular weight excluding hydrogens is 292 g/mol. The normalized spacial score (nSPS) is 10.0. The molecular formula is C15H15ClN2O3. The Hall–Kier alpha value is -2.40. The van der Waals surface area contributed by atoms with E-state index in [-0.39, 0.29) is 5.91 Å². The zero-order valence-electron chi connectivity index (χ0n) is 11.6. The standard InChI is InChI=1S/C15H15ClN2O3/c1-20-13-7-11(17)12(8-14(13)21-2)18-15(19)9-4-3-5-10(16)6-9/h3-8H,17H2,1-2H3,(H,18,19). The van der Waals surface area contributed by atoms with Crippen molar-refractivity contribution in [2.75, 3.05) is 25.3 Å². The van der Waals surface area contributed by atoms with Gasteiger partial charge in [0.05, 0.1) is 25.6 Å². The van der Waals surface area contributed by atoms with Crippen molar-refractivity contribution < 1.29 is 14.3 Å². The maximum Gasteiger partial charge on any atom is 0.255 e. The average molecular weight is 307 g/mol. The summed E-state index contributed by atoms with van der Waals surface area (Å²) in [7, 11) is 3.03. The van der Waals surface area contributed by atoms with Crippen molar-refractivity contribution in [2.45, 2.75) is 0 Å². The van der Waals surface area contributed by atoms with E-state index >= 15 is 0 Å². The smallest absolute Gasteiger partial charge is 0.255 e. The second kappa shape index (κ2) is 6.37. The molecule has 2 aromatic carbocycles. The minimum absolute atomic E-state index is 0.309. The highest BCUT2D eigenvalue weighted by Crippen LogP contribution is 2.35. The third-order valence-corrected chi connectivity index (χ3v) is 3.13. The molecule has 0 aliphatic carbocycles. The monoisotopic (exact) mass is 306 g/mol. The third kappa shape index (κ3) is 3.38. The molecule has 0 radical (unpaired) electrons. The van der Waals surface area contributed by atoms with Crippen LogP contribution in [-0.4, -0.2) is 20.1 Å². The molecule has 2 aromatic rings. The van der Waals surface area contributed by atoms with Gasteiger partial charge >= 0.3 is 0 Å². The second-order valence-electron chi connectivity index (χ2n) is 4.26. The summed E-state index contributed by atoms with van der Waals surface area (Å²) in [5, 5.41) is 3.21. The number of carbonyl (C=O) groups is 1. The highest BCUT2D eigenvalue weighted by atomic mass is 35.5. The van der Waals surface area contributed by atoms with Gasteiger partial charge < -0.3 is 20.5 Å². The molecule has 0 atom stereocenters. The summed E-state index contributed by atoms with van der Waals surface area (Å²) in [6.07, 6.45) is 0. The van der Waals surface area contributed by atoms with Crippen molar-refractivity contribution in [1.82, 2.24) is 0 Å². The summed E-state index contributed by atoms with van der Waals surface area (Å²) in [6, 6.07) is 9.84. The SMILES string of the molecule is COc1cc(N)c(NC(=O)c2cccc(Cl)c2)cc1OC. The second-order valence-corrected chi connectivity index (χ2v) is 4.70. The minimum atomic E-state index is -0.309. The number of amides is 1. The van der Waals surface area contributed by atoms with Gasteiger partial charge in [0.1, 0.15) is 0 Å².